The van der Waals surface area contributed by atoms with Gasteiger partial charge in [0.15, 0.2) is 0 Å². The van der Waals surface area contributed by atoms with Gasteiger partial charge in [0, 0.05) is 51.6 Å². The number of nitrogens with zero attached hydrogens (tertiary/aromatic N) is 4. The number of rotatable bonds is 1. The van der Waals surface area contributed by atoms with E-state index in [9.17, 15) is 0 Å². The predicted molar refractivity (Wildman–Crippen MR) is 107 cm³/mol. The smallest absolute Gasteiger partial charge is 0.121 e. The van der Waals surface area contributed by atoms with Crippen LogP contribution in [-0.4, -0.2) is 19.9 Å². The quantitative estimate of drug-likeness (QED) is 0.477. The summed E-state index contributed by atoms with van der Waals surface area (Å²) in [6.07, 6.45) is 5.24. The van der Waals surface area contributed by atoms with Gasteiger partial charge < -0.3 is 0 Å². The Morgan fingerprint density at radius 1 is 0.815 bits per heavy atom. The lowest BCUT2D eigenvalue weighted by Gasteiger charge is -2.10. The van der Waals surface area contributed by atoms with Crippen molar-refractivity contribution in [1.82, 2.24) is 19.9 Å². The molecule has 130 valence electrons. The molecule has 3 aromatic heterocycles. The second kappa shape index (κ2) is 6.97. The van der Waals surface area contributed by atoms with Gasteiger partial charge in [-0.25, -0.2) is 15.0 Å². The Bertz CT molecular complexity index is 1200. The highest BCUT2D eigenvalue weighted by Gasteiger charge is 2.12. The van der Waals surface area contributed by atoms with E-state index in [1.165, 1.54) is 0 Å². The highest BCUT2D eigenvalue weighted by molar-refractivity contribution is 5.83. The fourth-order valence-corrected chi connectivity index (χ4v) is 3.13. The van der Waals surface area contributed by atoms with Gasteiger partial charge in [-0.1, -0.05) is 12.0 Å². The van der Waals surface area contributed by atoms with Gasteiger partial charge in [0.05, 0.1) is 0 Å². The van der Waals surface area contributed by atoms with Gasteiger partial charge in [-0.3, -0.25) is 4.98 Å². The molecule has 0 saturated carbocycles. The Balaban J connectivity index is 1.83. The van der Waals surface area contributed by atoms with Gasteiger partial charge >= 0.3 is 0 Å². The largest absolute Gasteiger partial charge is 0.264 e. The van der Waals surface area contributed by atoms with Crippen molar-refractivity contribution in [1.29, 1.82) is 0 Å². The second-order valence-corrected chi connectivity index (χ2v) is 6.46. The van der Waals surface area contributed by atoms with E-state index >= 15 is 0 Å². The molecular formula is C23H18N4. The van der Waals surface area contributed by atoms with Crippen molar-refractivity contribution in [2.45, 2.75) is 20.8 Å². The number of benzene rings is 1. The van der Waals surface area contributed by atoms with E-state index in [1.54, 1.807) is 12.5 Å². The molecule has 0 amide bonds. The lowest BCUT2D eigenvalue weighted by molar-refractivity contribution is 1.05. The third-order valence-electron chi connectivity index (χ3n) is 4.50. The first kappa shape index (κ1) is 16.9. The number of fused-ring (bicyclic) bond motifs is 1. The SMILES string of the molecule is Cc1ccc(-c2c(C)ncnc2C)c(C#Cc2ccc3cnccc3c2)n1. The molecule has 27 heavy (non-hydrogen) atoms. The maximum atomic E-state index is 4.67. The van der Waals surface area contributed by atoms with Crippen molar-refractivity contribution >= 4 is 10.8 Å². The Kier molecular flexibility index (Phi) is 4.35. The molecule has 0 N–H and O–H groups in total. The topological polar surface area (TPSA) is 51.6 Å². The van der Waals surface area contributed by atoms with Gasteiger partial charge in [-0.15, -0.1) is 0 Å². The average molecular weight is 350 g/mol. The molecule has 0 saturated heterocycles. The monoisotopic (exact) mass is 350 g/mol. The number of aromatic nitrogens is 4. The van der Waals surface area contributed by atoms with E-state index in [0.29, 0.717) is 0 Å². The fraction of sp³-hybridized carbons (Fsp3) is 0.130. The highest BCUT2D eigenvalue weighted by atomic mass is 14.8. The fourth-order valence-electron chi connectivity index (χ4n) is 3.13. The van der Waals surface area contributed by atoms with Crippen molar-refractivity contribution < 1.29 is 0 Å². The van der Waals surface area contributed by atoms with Crippen LogP contribution in [0.1, 0.15) is 28.3 Å². The second-order valence-electron chi connectivity index (χ2n) is 6.46. The lowest BCUT2D eigenvalue weighted by Crippen LogP contribution is -1.99. The zero-order chi connectivity index (χ0) is 18.8. The first-order valence-corrected chi connectivity index (χ1v) is 8.74. The minimum absolute atomic E-state index is 0.742. The Morgan fingerprint density at radius 3 is 2.44 bits per heavy atom. The van der Waals surface area contributed by atoms with E-state index in [2.05, 4.69) is 43.9 Å². The van der Waals surface area contributed by atoms with Crippen LogP contribution < -0.4 is 0 Å². The first-order chi connectivity index (χ1) is 13.1. The molecular weight excluding hydrogens is 332 g/mol. The zero-order valence-electron chi connectivity index (χ0n) is 15.5. The van der Waals surface area contributed by atoms with E-state index in [4.69, 9.17) is 0 Å². The maximum absolute atomic E-state index is 4.67. The zero-order valence-corrected chi connectivity index (χ0v) is 15.5. The van der Waals surface area contributed by atoms with Gasteiger partial charge in [0.2, 0.25) is 0 Å². The van der Waals surface area contributed by atoms with Crippen LogP contribution in [0.2, 0.25) is 0 Å². The lowest BCUT2D eigenvalue weighted by atomic mass is 10.0. The average Bonchev–Trinajstić information content (AvgIpc) is 2.67. The minimum atomic E-state index is 0.742. The molecule has 4 rings (SSSR count). The van der Waals surface area contributed by atoms with Crippen molar-refractivity contribution in [3.05, 3.63) is 83.5 Å². The molecule has 1 aromatic carbocycles. The third-order valence-corrected chi connectivity index (χ3v) is 4.50. The summed E-state index contributed by atoms with van der Waals surface area (Å²) in [6.45, 7) is 5.94. The molecule has 0 aliphatic heterocycles. The molecule has 3 heterocycles. The minimum Gasteiger partial charge on any atom is -0.264 e. The van der Waals surface area contributed by atoms with Crippen LogP contribution >= 0.6 is 0 Å². The van der Waals surface area contributed by atoms with Gasteiger partial charge in [-0.2, -0.15) is 0 Å². The van der Waals surface area contributed by atoms with Crippen molar-refractivity contribution in [3.8, 4) is 23.0 Å². The number of aryl methyl sites for hydroxylation is 3. The van der Waals surface area contributed by atoms with Gasteiger partial charge in [-0.05, 0) is 62.4 Å². The van der Waals surface area contributed by atoms with Crippen LogP contribution in [0.15, 0.2) is 55.1 Å². The summed E-state index contributed by atoms with van der Waals surface area (Å²) in [7, 11) is 0. The summed E-state index contributed by atoms with van der Waals surface area (Å²) in [6, 6.07) is 12.2. The van der Waals surface area contributed by atoms with Crippen molar-refractivity contribution in [2.24, 2.45) is 0 Å². The molecule has 4 heteroatoms. The molecule has 0 aliphatic carbocycles. The van der Waals surface area contributed by atoms with Crippen LogP contribution in [0.4, 0.5) is 0 Å². The summed E-state index contributed by atoms with van der Waals surface area (Å²) < 4.78 is 0. The Hall–Kier alpha value is -3.58. The van der Waals surface area contributed by atoms with Crippen molar-refractivity contribution in [2.75, 3.05) is 0 Å². The highest BCUT2D eigenvalue weighted by Crippen LogP contribution is 2.27. The summed E-state index contributed by atoms with van der Waals surface area (Å²) in [5.41, 5.74) is 6.43. The summed E-state index contributed by atoms with van der Waals surface area (Å²) in [5.74, 6) is 6.51. The molecule has 4 aromatic rings. The van der Waals surface area contributed by atoms with Crippen LogP contribution in [0, 0.1) is 32.6 Å². The number of hydrogen-bond acceptors (Lipinski definition) is 4. The van der Waals surface area contributed by atoms with Gasteiger partial charge in [0.1, 0.15) is 12.0 Å². The summed E-state index contributed by atoms with van der Waals surface area (Å²) in [5, 5.41) is 2.22. The normalized spacial score (nSPS) is 10.5. The van der Waals surface area contributed by atoms with Gasteiger partial charge in [0.25, 0.3) is 0 Å². The van der Waals surface area contributed by atoms with Crippen LogP contribution in [0.3, 0.4) is 0 Å². The molecule has 0 spiro atoms. The molecule has 0 aliphatic rings. The maximum Gasteiger partial charge on any atom is 0.121 e. The molecule has 0 radical (unpaired) electrons. The molecule has 4 nitrogen and oxygen atoms in total. The number of pyridine rings is 2. The third kappa shape index (κ3) is 3.40. The van der Waals surface area contributed by atoms with Crippen LogP contribution in [0.5, 0.6) is 0 Å². The molecule has 0 bridgehead atoms. The van der Waals surface area contributed by atoms with Crippen LogP contribution in [0.25, 0.3) is 21.9 Å². The van der Waals surface area contributed by atoms with E-state index in [-0.39, 0.29) is 0 Å². The predicted octanol–water partition coefficient (Wildman–Crippen LogP) is 4.41. The van der Waals surface area contributed by atoms with Crippen LogP contribution in [-0.2, 0) is 0 Å². The first-order valence-electron chi connectivity index (χ1n) is 8.74. The van der Waals surface area contributed by atoms with E-state index < -0.39 is 0 Å². The molecule has 0 fully saturated rings. The Labute approximate surface area is 158 Å². The van der Waals surface area contributed by atoms with Crippen molar-refractivity contribution in [3.63, 3.8) is 0 Å². The number of hydrogen-bond donors (Lipinski definition) is 0. The summed E-state index contributed by atoms with van der Waals surface area (Å²) in [4.78, 5) is 17.5. The standard InChI is InChI=1S/C23H18N4/c1-15-4-8-21(23-16(2)25-14-26-17(23)3)22(27-15)9-6-18-5-7-20-13-24-11-10-19(20)12-18/h4-5,7-8,10-14H,1-3H3. The molecule has 0 unspecified atom stereocenters. The summed E-state index contributed by atoms with van der Waals surface area (Å²) >= 11 is 0. The Morgan fingerprint density at radius 2 is 1.63 bits per heavy atom. The molecule has 0 atom stereocenters. The van der Waals surface area contributed by atoms with E-state index in [0.717, 1.165) is 50.2 Å². The van der Waals surface area contributed by atoms with E-state index in [1.807, 2.05) is 51.2 Å².